The molecule has 4 aromatic rings. The first-order chi connectivity index (χ1) is 18.4. The third-order valence-corrected chi connectivity index (χ3v) is 7.67. The number of benzene rings is 3. The van der Waals surface area contributed by atoms with Gasteiger partial charge in [0.2, 0.25) is 0 Å². The van der Waals surface area contributed by atoms with Crippen molar-refractivity contribution < 1.29 is 32.3 Å². The van der Waals surface area contributed by atoms with E-state index in [0.29, 0.717) is 47.0 Å². The van der Waals surface area contributed by atoms with Crippen molar-refractivity contribution in [3.05, 3.63) is 83.2 Å². The van der Waals surface area contributed by atoms with E-state index in [1.165, 1.54) is 28.9 Å². The molecule has 200 valence electrons. The van der Waals surface area contributed by atoms with Crippen LogP contribution in [0.15, 0.2) is 60.7 Å². The molecule has 0 unspecified atom stereocenters. The van der Waals surface area contributed by atoms with E-state index in [9.17, 15) is 27.2 Å². The number of amides is 1. The average molecular weight is 539 g/mol. The number of hydrogen-bond donors (Lipinski definition) is 2. The molecule has 0 aliphatic heterocycles. The standard InChI is InChI=1S/C28H22F4N4O3/c29-20-3-1-2-17(8-20)18-9-21(25(39)33-27-13-26(14-27,15-27)11-23(37)38)24-22(10-18)34-35-36(24)12-16-4-6-19(7-5-16)28(30,31)32/h1-10H,11-15H2,(H,33,39)(H,37,38). The van der Waals surface area contributed by atoms with E-state index >= 15 is 0 Å². The van der Waals surface area contributed by atoms with Gasteiger partial charge in [0, 0.05) is 5.54 Å². The second kappa shape index (κ2) is 8.62. The number of hydrogen-bond acceptors (Lipinski definition) is 4. The highest BCUT2D eigenvalue weighted by Crippen LogP contribution is 2.69. The highest BCUT2D eigenvalue weighted by molar-refractivity contribution is 6.07. The van der Waals surface area contributed by atoms with E-state index in [1.807, 2.05) is 0 Å². The monoisotopic (exact) mass is 538 g/mol. The summed E-state index contributed by atoms with van der Waals surface area (Å²) in [5, 5.41) is 20.6. The molecule has 3 aromatic carbocycles. The predicted molar refractivity (Wildman–Crippen MR) is 132 cm³/mol. The number of aliphatic carboxylic acids is 1. The Labute approximate surface area is 219 Å². The van der Waals surface area contributed by atoms with Gasteiger partial charge in [-0.15, -0.1) is 5.10 Å². The fourth-order valence-electron chi connectivity index (χ4n) is 6.15. The first-order valence-corrected chi connectivity index (χ1v) is 12.3. The van der Waals surface area contributed by atoms with Gasteiger partial charge in [0.05, 0.1) is 24.1 Å². The molecule has 11 heteroatoms. The largest absolute Gasteiger partial charge is 0.481 e. The lowest BCUT2D eigenvalue weighted by Gasteiger charge is -2.70. The van der Waals surface area contributed by atoms with Crippen LogP contribution in [0.4, 0.5) is 17.6 Å². The number of nitrogens with one attached hydrogen (secondary N) is 1. The molecule has 7 rings (SSSR count). The molecule has 0 atom stereocenters. The van der Waals surface area contributed by atoms with Gasteiger partial charge in [-0.1, -0.05) is 29.5 Å². The summed E-state index contributed by atoms with van der Waals surface area (Å²) < 4.78 is 54.4. The minimum absolute atomic E-state index is 0.0632. The van der Waals surface area contributed by atoms with Crippen molar-refractivity contribution >= 4 is 22.9 Å². The summed E-state index contributed by atoms with van der Waals surface area (Å²) in [6.45, 7) is 0.0705. The summed E-state index contributed by atoms with van der Waals surface area (Å²) in [4.78, 5) is 24.8. The molecule has 2 bridgehead atoms. The minimum atomic E-state index is -4.46. The zero-order chi connectivity index (χ0) is 27.6. The van der Waals surface area contributed by atoms with Crippen molar-refractivity contribution in [2.45, 2.75) is 43.9 Å². The Morgan fingerprint density at radius 2 is 1.72 bits per heavy atom. The van der Waals surface area contributed by atoms with Gasteiger partial charge in [0.15, 0.2) is 0 Å². The van der Waals surface area contributed by atoms with Crippen LogP contribution < -0.4 is 5.32 Å². The van der Waals surface area contributed by atoms with Crippen LogP contribution in [-0.2, 0) is 17.5 Å². The fraction of sp³-hybridized carbons (Fsp3) is 0.286. The molecule has 0 radical (unpaired) electrons. The summed E-state index contributed by atoms with van der Waals surface area (Å²) in [5.41, 5.74) is 1.10. The molecule has 3 fully saturated rings. The molecule has 1 heterocycles. The summed E-state index contributed by atoms with van der Waals surface area (Å²) in [6.07, 6.45) is -2.66. The maximum Gasteiger partial charge on any atom is 0.416 e. The Bertz CT molecular complexity index is 1610. The van der Waals surface area contributed by atoms with Gasteiger partial charge < -0.3 is 10.4 Å². The molecule has 3 saturated carbocycles. The number of fused-ring (bicyclic) bond motifs is 1. The first kappa shape index (κ1) is 25.0. The average Bonchev–Trinajstić information content (AvgIpc) is 3.23. The van der Waals surface area contributed by atoms with E-state index in [4.69, 9.17) is 5.11 Å². The topological polar surface area (TPSA) is 97.1 Å². The Balaban J connectivity index is 1.35. The molecule has 0 spiro atoms. The minimum Gasteiger partial charge on any atom is -0.481 e. The molecule has 1 aromatic heterocycles. The second-order valence-corrected chi connectivity index (χ2v) is 10.7. The van der Waals surface area contributed by atoms with Crippen LogP contribution in [0.3, 0.4) is 0 Å². The number of alkyl halides is 3. The van der Waals surface area contributed by atoms with Gasteiger partial charge in [-0.25, -0.2) is 9.07 Å². The molecular weight excluding hydrogens is 516 g/mol. The third-order valence-electron chi connectivity index (χ3n) is 7.67. The maximum atomic E-state index is 14.0. The normalized spacial score (nSPS) is 21.7. The fourth-order valence-corrected chi connectivity index (χ4v) is 6.15. The number of nitrogens with zero attached hydrogens (tertiary/aromatic N) is 3. The number of rotatable bonds is 7. The lowest BCUT2D eigenvalue weighted by molar-refractivity contribution is -0.172. The number of aromatic nitrogens is 3. The number of carbonyl (C=O) groups is 2. The van der Waals surface area contributed by atoms with Crippen LogP contribution in [0.25, 0.3) is 22.2 Å². The lowest BCUT2D eigenvalue weighted by atomic mass is 9.38. The van der Waals surface area contributed by atoms with Gasteiger partial charge in [0.1, 0.15) is 16.9 Å². The quantitative estimate of drug-likeness (QED) is 0.306. The molecule has 2 N–H and O–H groups in total. The highest BCUT2D eigenvalue weighted by atomic mass is 19.4. The van der Waals surface area contributed by atoms with Crippen LogP contribution in [0.1, 0.15) is 47.2 Å². The Morgan fingerprint density at radius 3 is 2.36 bits per heavy atom. The van der Waals surface area contributed by atoms with E-state index in [0.717, 1.165) is 12.1 Å². The van der Waals surface area contributed by atoms with Crippen molar-refractivity contribution in [2.24, 2.45) is 5.41 Å². The number of halogens is 4. The molecule has 3 aliphatic rings. The molecule has 7 nitrogen and oxygen atoms in total. The third kappa shape index (κ3) is 4.51. The van der Waals surface area contributed by atoms with E-state index in [2.05, 4.69) is 15.6 Å². The van der Waals surface area contributed by atoms with Crippen molar-refractivity contribution in [2.75, 3.05) is 0 Å². The Hall–Kier alpha value is -4.28. The maximum absolute atomic E-state index is 14.0. The summed E-state index contributed by atoms with van der Waals surface area (Å²) in [6, 6.07) is 13.9. The van der Waals surface area contributed by atoms with Gasteiger partial charge in [0.25, 0.3) is 5.91 Å². The smallest absolute Gasteiger partial charge is 0.416 e. The number of carboxylic acid groups (broad SMARTS) is 1. The molecule has 39 heavy (non-hydrogen) atoms. The van der Waals surface area contributed by atoms with Crippen LogP contribution in [0, 0.1) is 11.2 Å². The molecule has 0 saturated heterocycles. The van der Waals surface area contributed by atoms with E-state index < -0.39 is 35.0 Å². The van der Waals surface area contributed by atoms with E-state index in [-0.39, 0.29) is 23.9 Å². The first-order valence-electron chi connectivity index (χ1n) is 12.3. The zero-order valence-corrected chi connectivity index (χ0v) is 20.4. The van der Waals surface area contributed by atoms with Crippen molar-refractivity contribution in [3.63, 3.8) is 0 Å². The van der Waals surface area contributed by atoms with Gasteiger partial charge in [-0.3, -0.25) is 9.59 Å². The summed E-state index contributed by atoms with van der Waals surface area (Å²) >= 11 is 0. The van der Waals surface area contributed by atoms with Crippen molar-refractivity contribution in [3.8, 4) is 11.1 Å². The molecular formula is C28H22F4N4O3. The van der Waals surface area contributed by atoms with Crippen molar-refractivity contribution in [1.29, 1.82) is 0 Å². The number of carbonyl (C=O) groups excluding carboxylic acids is 1. The Morgan fingerprint density at radius 1 is 1.00 bits per heavy atom. The van der Waals surface area contributed by atoms with Gasteiger partial charge in [-0.05, 0) is 77.8 Å². The van der Waals surface area contributed by atoms with Crippen LogP contribution in [0.2, 0.25) is 0 Å². The lowest BCUT2D eigenvalue weighted by Crippen LogP contribution is -2.75. The van der Waals surface area contributed by atoms with E-state index in [1.54, 1.807) is 24.3 Å². The summed E-state index contributed by atoms with van der Waals surface area (Å²) in [5.74, 6) is -1.71. The highest BCUT2D eigenvalue weighted by Gasteiger charge is 2.68. The van der Waals surface area contributed by atoms with Gasteiger partial charge >= 0.3 is 12.1 Å². The van der Waals surface area contributed by atoms with Crippen LogP contribution >= 0.6 is 0 Å². The SMILES string of the molecule is O=C(O)CC12CC(NC(=O)c3cc(-c4cccc(F)c4)cc4nnn(Cc5ccc(C(F)(F)F)cc5)c34)(C1)C2. The van der Waals surface area contributed by atoms with Gasteiger partial charge in [-0.2, -0.15) is 13.2 Å². The molecule has 1 amide bonds. The Kier molecular flexibility index (Phi) is 5.53. The summed E-state index contributed by atoms with van der Waals surface area (Å²) in [7, 11) is 0. The van der Waals surface area contributed by atoms with Crippen LogP contribution in [-0.4, -0.2) is 37.5 Å². The molecule has 3 aliphatic carbocycles. The second-order valence-electron chi connectivity index (χ2n) is 10.7. The van der Waals surface area contributed by atoms with Crippen LogP contribution in [0.5, 0.6) is 0 Å². The zero-order valence-electron chi connectivity index (χ0n) is 20.4. The predicted octanol–water partition coefficient (Wildman–Crippen LogP) is 5.43. The van der Waals surface area contributed by atoms with Crippen molar-refractivity contribution in [1.82, 2.24) is 20.3 Å². The number of carboxylic acids is 1.